The second-order valence-electron chi connectivity index (χ2n) is 6.49. The summed E-state index contributed by atoms with van der Waals surface area (Å²) in [5.41, 5.74) is 3.51. The SMILES string of the molecule is CC.COc1ccc2nc3c(cc2c1)Cn1c-3cc(C(C)O)c(COC=O)c1=O. The first-order valence-electron chi connectivity index (χ1n) is 9.51. The van der Waals surface area contributed by atoms with Gasteiger partial charge in [0.05, 0.1) is 42.2 Å². The van der Waals surface area contributed by atoms with E-state index in [1.165, 1.54) is 0 Å². The zero-order valence-corrected chi connectivity index (χ0v) is 16.9. The van der Waals surface area contributed by atoms with Crippen molar-refractivity contribution in [2.24, 2.45) is 0 Å². The minimum absolute atomic E-state index is 0.175. The Kier molecular flexibility index (Phi) is 5.98. The van der Waals surface area contributed by atoms with Crippen molar-refractivity contribution in [3.05, 3.63) is 57.4 Å². The number of carbonyl (C=O) groups is 1. The van der Waals surface area contributed by atoms with E-state index in [4.69, 9.17) is 14.5 Å². The monoisotopic (exact) mass is 396 g/mol. The summed E-state index contributed by atoms with van der Waals surface area (Å²) in [6.07, 6.45) is -0.873. The third-order valence-electron chi connectivity index (χ3n) is 4.85. The predicted molar refractivity (Wildman–Crippen MR) is 110 cm³/mol. The summed E-state index contributed by atoms with van der Waals surface area (Å²) >= 11 is 0. The van der Waals surface area contributed by atoms with Crippen LogP contribution in [-0.2, 0) is 22.7 Å². The zero-order valence-electron chi connectivity index (χ0n) is 16.9. The van der Waals surface area contributed by atoms with E-state index in [0.717, 1.165) is 27.9 Å². The number of carbonyl (C=O) groups excluding carboxylic acids is 1. The Hall–Kier alpha value is -3.19. The van der Waals surface area contributed by atoms with Gasteiger partial charge in [-0.05, 0) is 42.8 Å². The molecule has 2 aromatic heterocycles. The second kappa shape index (κ2) is 8.45. The van der Waals surface area contributed by atoms with Crippen molar-refractivity contribution >= 4 is 17.4 Å². The Bertz CT molecular complexity index is 1120. The van der Waals surface area contributed by atoms with Gasteiger partial charge in [0.15, 0.2) is 0 Å². The lowest BCUT2D eigenvalue weighted by atomic mass is 10.0. The summed E-state index contributed by atoms with van der Waals surface area (Å²) in [5.74, 6) is 0.738. The van der Waals surface area contributed by atoms with E-state index in [0.29, 0.717) is 24.3 Å². The van der Waals surface area contributed by atoms with Gasteiger partial charge in [0, 0.05) is 10.9 Å². The van der Waals surface area contributed by atoms with Crippen LogP contribution >= 0.6 is 0 Å². The molecule has 152 valence electrons. The average molecular weight is 396 g/mol. The predicted octanol–water partition coefficient (Wildman–Crippen LogP) is 3.19. The molecule has 0 spiro atoms. The Balaban J connectivity index is 0.00000117. The van der Waals surface area contributed by atoms with Crippen LogP contribution in [0.2, 0.25) is 0 Å². The molecular weight excluding hydrogens is 372 g/mol. The van der Waals surface area contributed by atoms with Gasteiger partial charge < -0.3 is 19.1 Å². The van der Waals surface area contributed by atoms with Gasteiger partial charge in [-0.25, -0.2) is 4.98 Å². The van der Waals surface area contributed by atoms with Crippen LogP contribution in [0.3, 0.4) is 0 Å². The normalized spacial score (nSPS) is 12.4. The molecule has 29 heavy (non-hydrogen) atoms. The van der Waals surface area contributed by atoms with Crippen molar-refractivity contribution in [2.75, 3.05) is 7.11 Å². The number of pyridine rings is 2. The summed E-state index contributed by atoms with van der Waals surface area (Å²) in [7, 11) is 1.61. The molecule has 3 aromatic rings. The van der Waals surface area contributed by atoms with Gasteiger partial charge in [-0.2, -0.15) is 0 Å². The summed E-state index contributed by atoms with van der Waals surface area (Å²) in [6, 6.07) is 9.36. The lowest BCUT2D eigenvalue weighted by Crippen LogP contribution is -2.26. The lowest BCUT2D eigenvalue weighted by Gasteiger charge is -2.14. The maximum absolute atomic E-state index is 13.0. The molecule has 1 aromatic carbocycles. The third-order valence-corrected chi connectivity index (χ3v) is 4.85. The molecule has 0 radical (unpaired) electrons. The van der Waals surface area contributed by atoms with Crippen molar-refractivity contribution in [1.82, 2.24) is 9.55 Å². The van der Waals surface area contributed by atoms with E-state index in [1.54, 1.807) is 24.7 Å². The van der Waals surface area contributed by atoms with Crippen LogP contribution in [0.1, 0.15) is 43.6 Å². The number of fused-ring (bicyclic) bond motifs is 4. The van der Waals surface area contributed by atoms with Crippen molar-refractivity contribution in [3.63, 3.8) is 0 Å². The Labute approximate surface area is 168 Å². The Morgan fingerprint density at radius 3 is 2.69 bits per heavy atom. The molecule has 3 heterocycles. The number of nitrogens with zero attached hydrogens (tertiary/aromatic N) is 2. The van der Waals surface area contributed by atoms with Crippen LogP contribution in [0.25, 0.3) is 22.3 Å². The first-order valence-corrected chi connectivity index (χ1v) is 9.51. The van der Waals surface area contributed by atoms with Gasteiger partial charge >= 0.3 is 0 Å². The number of benzene rings is 1. The Morgan fingerprint density at radius 1 is 1.28 bits per heavy atom. The molecule has 0 saturated heterocycles. The van der Waals surface area contributed by atoms with Crippen molar-refractivity contribution in [3.8, 4) is 17.1 Å². The Morgan fingerprint density at radius 2 is 2.03 bits per heavy atom. The standard InChI is InChI=1S/C20H18N2O5.C2H6/c1-11(24)15-7-18-19-13(8-22(18)20(25)16(15)9-27-10-23)5-12-6-14(26-2)3-4-17(12)21-19;1-2/h3-7,10-11,24H,8-9H2,1-2H3;1-2H3. The molecule has 7 heteroatoms. The van der Waals surface area contributed by atoms with E-state index in [1.807, 2.05) is 38.1 Å². The van der Waals surface area contributed by atoms with Crippen LogP contribution in [-0.4, -0.2) is 28.2 Å². The summed E-state index contributed by atoms with van der Waals surface area (Å²) in [6.45, 7) is 6.06. The maximum Gasteiger partial charge on any atom is 0.293 e. The van der Waals surface area contributed by atoms with Gasteiger partial charge in [0.2, 0.25) is 0 Å². The average Bonchev–Trinajstić information content (AvgIpc) is 3.10. The highest BCUT2D eigenvalue weighted by Crippen LogP contribution is 2.34. The molecule has 1 unspecified atom stereocenters. The second-order valence-corrected chi connectivity index (χ2v) is 6.49. The summed E-state index contributed by atoms with van der Waals surface area (Å²) in [5, 5.41) is 11.0. The fourth-order valence-electron chi connectivity index (χ4n) is 3.53. The van der Waals surface area contributed by atoms with Gasteiger partial charge in [-0.15, -0.1) is 0 Å². The first-order chi connectivity index (χ1) is 14.0. The number of aromatic nitrogens is 2. The molecule has 0 aliphatic carbocycles. The van der Waals surface area contributed by atoms with Crippen LogP contribution < -0.4 is 10.3 Å². The summed E-state index contributed by atoms with van der Waals surface area (Å²) in [4.78, 5) is 28.2. The molecule has 0 amide bonds. The molecule has 1 aliphatic heterocycles. The number of rotatable bonds is 5. The van der Waals surface area contributed by atoms with E-state index < -0.39 is 6.10 Å². The fraction of sp³-hybridized carbons (Fsp3) is 0.318. The number of ether oxygens (including phenoxy) is 2. The van der Waals surface area contributed by atoms with Crippen LogP contribution in [0.4, 0.5) is 0 Å². The van der Waals surface area contributed by atoms with Crippen molar-refractivity contribution in [2.45, 2.75) is 40.0 Å². The number of hydrogen-bond donors (Lipinski definition) is 1. The van der Waals surface area contributed by atoms with Crippen LogP contribution in [0, 0.1) is 0 Å². The minimum atomic E-state index is -0.873. The molecule has 0 bridgehead atoms. The van der Waals surface area contributed by atoms with E-state index in [-0.39, 0.29) is 17.7 Å². The number of hydrogen-bond acceptors (Lipinski definition) is 6. The quantitative estimate of drug-likeness (QED) is 0.521. The highest BCUT2D eigenvalue weighted by molar-refractivity contribution is 5.85. The summed E-state index contributed by atoms with van der Waals surface area (Å²) < 4.78 is 11.6. The highest BCUT2D eigenvalue weighted by atomic mass is 16.5. The van der Waals surface area contributed by atoms with Gasteiger partial charge in [-0.1, -0.05) is 13.8 Å². The van der Waals surface area contributed by atoms with Crippen molar-refractivity contribution in [1.29, 1.82) is 0 Å². The topological polar surface area (TPSA) is 90.7 Å². The molecule has 0 fully saturated rings. The maximum atomic E-state index is 13.0. The molecule has 1 atom stereocenters. The van der Waals surface area contributed by atoms with E-state index in [9.17, 15) is 14.7 Å². The largest absolute Gasteiger partial charge is 0.497 e. The van der Waals surface area contributed by atoms with Crippen LogP contribution in [0.15, 0.2) is 35.1 Å². The molecule has 1 aliphatic rings. The number of methoxy groups -OCH3 is 1. The molecule has 7 nitrogen and oxygen atoms in total. The molecule has 0 saturated carbocycles. The number of aliphatic hydroxyl groups is 1. The van der Waals surface area contributed by atoms with Gasteiger partial charge in [0.1, 0.15) is 12.4 Å². The lowest BCUT2D eigenvalue weighted by molar-refractivity contribution is -0.129. The van der Waals surface area contributed by atoms with E-state index in [2.05, 4.69) is 0 Å². The highest BCUT2D eigenvalue weighted by Gasteiger charge is 2.26. The number of aliphatic hydroxyl groups excluding tert-OH is 1. The zero-order chi connectivity index (χ0) is 21.1. The third kappa shape index (κ3) is 3.61. The van der Waals surface area contributed by atoms with E-state index >= 15 is 0 Å². The van der Waals surface area contributed by atoms with Crippen LogP contribution in [0.5, 0.6) is 5.75 Å². The minimum Gasteiger partial charge on any atom is -0.497 e. The fourth-order valence-corrected chi connectivity index (χ4v) is 3.53. The first kappa shape index (κ1) is 20.5. The van der Waals surface area contributed by atoms with Gasteiger partial charge in [0.25, 0.3) is 12.0 Å². The van der Waals surface area contributed by atoms with Crippen molar-refractivity contribution < 1.29 is 19.4 Å². The molecule has 1 N–H and O–H groups in total. The molecular formula is C22H24N2O5. The smallest absolute Gasteiger partial charge is 0.293 e. The van der Waals surface area contributed by atoms with Gasteiger partial charge in [-0.3, -0.25) is 9.59 Å². The molecule has 4 rings (SSSR count).